The van der Waals surface area contributed by atoms with E-state index in [0.29, 0.717) is 10.9 Å². The van der Waals surface area contributed by atoms with Gasteiger partial charge in [-0.1, -0.05) is 11.6 Å². The second-order valence-electron chi connectivity index (χ2n) is 10.0. The molecule has 0 spiro atoms. The maximum absolute atomic E-state index is 13.5. The Balaban J connectivity index is 1.54. The molecule has 4 rings (SSSR count). The fourth-order valence-corrected chi connectivity index (χ4v) is 7.33. The highest BCUT2D eigenvalue weighted by molar-refractivity contribution is 7.92. The van der Waals surface area contributed by atoms with Crippen LogP contribution in [0.3, 0.4) is 0 Å². The molecule has 0 bridgehead atoms. The molecule has 1 N–H and O–H groups in total. The van der Waals surface area contributed by atoms with Crippen molar-refractivity contribution in [2.45, 2.75) is 61.5 Å². The van der Waals surface area contributed by atoms with Crippen LogP contribution in [0.5, 0.6) is 0 Å². The molecule has 1 saturated carbocycles. The largest absolute Gasteiger partial charge is 0.480 e. The molecule has 0 radical (unpaired) electrons. The highest BCUT2D eigenvalue weighted by Gasteiger charge is 2.70. The Kier molecular flexibility index (Phi) is 7.02. The Morgan fingerprint density at radius 2 is 1.75 bits per heavy atom. The van der Waals surface area contributed by atoms with Crippen LogP contribution < -0.4 is 4.90 Å². The number of aliphatic carboxylic acids is 1. The predicted octanol–water partition coefficient (Wildman–Crippen LogP) is 3.04. The third-order valence-electron chi connectivity index (χ3n) is 7.58. The van der Waals surface area contributed by atoms with Gasteiger partial charge in [0.1, 0.15) is 11.5 Å². The van der Waals surface area contributed by atoms with Crippen LogP contribution in [0.2, 0.25) is 5.02 Å². The van der Waals surface area contributed by atoms with Crippen molar-refractivity contribution in [3.63, 3.8) is 0 Å². The third-order valence-corrected chi connectivity index (χ3v) is 10.2. The lowest BCUT2D eigenvalue weighted by atomic mass is 10.0. The molecule has 3 fully saturated rings. The van der Waals surface area contributed by atoms with Gasteiger partial charge in [0, 0.05) is 44.5 Å². The number of likely N-dealkylation sites (tertiary alicyclic amines) is 1. The van der Waals surface area contributed by atoms with Crippen molar-refractivity contribution in [2.75, 3.05) is 37.6 Å². The number of hydrogen-bond acceptors (Lipinski definition) is 6. The molecule has 1 aliphatic carbocycles. The molecule has 2 heterocycles. The quantitative estimate of drug-likeness (QED) is 0.580. The summed E-state index contributed by atoms with van der Waals surface area (Å²) in [6, 6.07) is 3.27. The van der Waals surface area contributed by atoms with E-state index >= 15 is 0 Å². The second-order valence-corrected chi connectivity index (χ2v) is 12.6. The van der Waals surface area contributed by atoms with Gasteiger partial charge in [-0.3, -0.25) is 9.69 Å². The molecule has 3 aliphatic rings. The lowest BCUT2D eigenvalue weighted by Crippen LogP contribution is -2.49. The number of nitrogens with zero attached hydrogens (tertiary/aromatic N) is 3. The van der Waals surface area contributed by atoms with Gasteiger partial charge in [-0.25, -0.2) is 13.2 Å². The highest BCUT2D eigenvalue weighted by atomic mass is 35.5. The SMILES string of the molecule is CC(C)N1CCN(c2ccc(S(=O)(=O)[C@@H]3C[C@H](C(=O)O)N(C(=O)C4(C(F)(F)F)CC4)C3)c(Cl)c2)CC1. The fraction of sp³-hybridized carbons (Fsp3) is 0.652. The number of hydrogen-bond donors (Lipinski definition) is 1. The molecular weight excluding hydrogens is 523 g/mol. The lowest BCUT2D eigenvalue weighted by Gasteiger charge is -2.38. The minimum absolute atomic E-state index is 0.0515. The maximum atomic E-state index is 13.5. The van der Waals surface area contributed by atoms with Gasteiger partial charge in [0.15, 0.2) is 9.84 Å². The van der Waals surface area contributed by atoms with E-state index in [1.807, 2.05) is 0 Å². The first kappa shape index (κ1) is 27.0. The van der Waals surface area contributed by atoms with Gasteiger partial charge >= 0.3 is 12.1 Å². The van der Waals surface area contributed by atoms with Gasteiger partial charge < -0.3 is 14.9 Å². The van der Waals surface area contributed by atoms with Crippen LogP contribution in [0.1, 0.15) is 33.1 Å². The number of carboxylic acid groups (broad SMARTS) is 1. The monoisotopic (exact) mass is 551 g/mol. The standard InChI is InChI=1S/C23H29ClF3N3O5S/c1-14(2)28-7-9-29(10-8-28)15-3-4-19(17(24)11-15)36(34,35)16-12-18(20(31)32)30(13-16)21(33)22(5-6-22)23(25,26)27/h3-4,11,14,16,18H,5-10,12-13H2,1-2H3,(H,31,32)/t16-,18-/m1/s1. The van der Waals surface area contributed by atoms with Crippen molar-refractivity contribution < 1.29 is 36.3 Å². The van der Waals surface area contributed by atoms with Crippen LogP contribution in [0.4, 0.5) is 18.9 Å². The topological polar surface area (TPSA) is 98.2 Å². The summed E-state index contributed by atoms with van der Waals surface area (Å²) < 4.78 is 67.3. The number of alkyl halides is 3. The number of halogens is 4. The second kappa shape index (κ2) is 9.36. The van der Waals surface area contributed by atoms with Gasteiger partial charge in [0.25, 0.3) is 0 Å². The predicted molar refractivity (Wildman–Crippen MR) is 127 cm³/mol. The van der Waals surface area contributed by atoms with Crippen LogP contribution >= 0.6 is 11.6 Å². The van der Waals surface area contributed by atoms with Gasteiger partial charge in [-0.05, 0) is 51.3 Å². The summed E-state index contributed by atoms with van der Waals surface area (Å²) in [5, 5.41) is 8.12. The Morgan fingerprint density at radius 1 is 1.14 bits per heavy atom. The Morgan fingerprint density at radius 3 is 2.22 bits per heavy atom. The molecule has 200 valence electrons. The third kappa shape index (κ3) is 4.67. The molecule has 2 aliphatic heterocycles. The number of carbonyl (C=O) groups excluding carboxylic acids is 1. The Labute approximate surface area is 212 Å². The van der Waals surface area contributed by atoms with E-state index in [2.05, 4.69) is 23.6 Å². The zero-order valence-electron chi connectivity index (χ0n) is 20.0. The van der Waals surface area contributed by atoms with Crippen molar-refractivity contribution >= 4 is 39.0 Å². The van der Waals surface area contributed by atoms with E-state index in [0.717, 1.165) is 31.9 Å². The normalized spacial score (nSPS) is 24.9. The first-order valence-corrected chi connectivity index (χ1v) is 13.7. The van der Waals surface area contributed by atoms with Crippen molar-refractivity contribution in [3.8, 4) is 0 Å². The average Bonchev–Trinajstić information content (AvgIpc) is 3.50. The number of benzene rings is 1. The van der Waals surface area contributed by atoms with E-state index in [9.17, 15) is 36.3 Å². The molecule has 0 aromatic heterocycles. The zero-order valence-corrected chi connectivity index (χ0v) is 21.5. The van der Waals surface area contributed by atoms with E-state index < -0.39 is 70.4 Å². The lowest BCUT2D eigenvalue weighted by molar-refractivity contribution is -0.199. The van der Waals surface area contributed by atoms with Crippen molar-refractivity contribution in [1.82, 2.24) is 9.80 Å². The molecule has 0 unspecified atom stereocenters. The van der Waals surface area contributed by atoms with E-state index in [-0.39, 0.29) is 9.92 Å². The zero-order chi connectivity index (χ0) is 26.6. The summed E-state index contributed by atoms with van der Waals surface area (Å²) in [4.78, 5) is 29.3. The fourth-order valence-electron chi connectivity index (χ4n) is 5.09. The van der Waals surface area contributed by atoms with Crippen LogP contribution in [0, 0.1) is 5.41 Å². The summed E-state index contributed by atoms with van der Waals surface area (Å²) in [5.74, 6) is -2.91. The number of rotatable bonds is 6. The first-order valence-electron chi connectivity index (χ1n) is 11.8. The number of piperazine rings is 1. The van der Waals surface area contributed by atoms with Gasteiger partial charge in [0.05, 0.1) is 15.2 Å². The number of sulfone groups is 1. The van der Waals surface area contributed by atoms with Gasteiger partial charge in [0.2, 0.25) is 5.91 Å². The van der Waals surface area contributed by atoms with E-state index in [1.165, 1.54) is 12.1 Å². The minimum Gasteiger partial charge on any atom is -0.480 e. The van der Waals surface area contributed by atoms with Crippen molar-refractivity contribution in [2.24, 2.45) is 5.41 Å². The van der Waals surface area contributed by atoms with Crippen molar-refractivity contribution in [1.29, 1.82) is 0 Å². The summed E-state index contributed by atoms with van der Waals surface area (Å²) in [5.41, 5.74) is -1.88. The smallest absolute Gasteiger partial charge is 0.403 e. The summed E-state index contributed by atoms with van der Waals surface area (Å²) in [7, 11) is -4.23. The number of amides is 1. The molecule has 8 nitrogen and oxygen atoms in total. The summed E-state index contributed by atoms with van der Waals surface area (Å²) in [6.45, 7) is 6.77. The summed E-state index contributed by atoms with van der Waals surface area (Å²) >= 11 is 6.37. The molecule has 1 aromatic rings. The number of anilines is 1. The van der Waals surface area contributed by atoms with Crippen LogP contribution in [-0.4, -0.2) is 91.4 Å². The minimum atomic E-state index is -4.83. The molecule has 1 amide bonds. The van der Waals surface area contributed by atoms with Crippen molar-refractivity contribution in [3.05, 3.63) is 23.2 Å². The van der Waals surface area contributed by atoms with E-state index in [1.54, 1.807) is 6.07 Å². The highest BCUT2D eigenvalue weighted by Crippen LogP contribution is 2.59. The number of carboxylic acids is 1. The first-order chi connectivity index (χ1) is 16.7. The molecule has 13 heteroatoms. The molecule has 36 heavy (non-hydrogen) atoms. The van der Waals surface area contributed by atoms with Crippen LogP contribution in [-0.2, 0) is 19.4 Å². The molecular formula is C23H29ClF3N3O5S. The van der Waals surface area contributed by atoms with Gasteiger partial charge in [-0.15, -0.1) is 0 Å². The number of carbonyl (C=O) groups is 2. The molecule has 2 atom stereocenters. The molecule has 2 saturated heterocycles. The summed E-state index contributed by atoms with van der Waals surface area (Å²) in [6.07, 6.45) is -6.21. The van der Waals surface area contributed by atoms with Crippen LogP contribution in [0.25, 0.3) is 0 Å². The average molecular weight is 552 g/mol. The molecule has 1 aromatic carbocycles. The Hall–Kier alpha value is -2.05. The van der Waals surface area contributed by atoms with Crippen LogP contribution in [0.15, 0.2) is 23.1 Å². The van der Waals surface area contributed by atoms with Gasteiger partial charge in [-0.2, -0.15) is 13.2 Å². The Bertz CT molecular complexity index is 1150. The maximum Gasteiger partial charge on any atom is 0.403 e. The van der Waals surface area contributed by atoms with E-state index in [4.69, 9.17) is 11.6 Å².